The summed E-state index contributed by atoms with van der Waals surface area (Å²) in [5.74, 6) is 0.962. The minimum Gasteiger partial charge on any atom is -0.508 e. The quantitative estimate of drug-likeness (QED) is 0.240. The highest BCUT2D eigenvalue weighted by Crippen LogP contribution is 2.42. The Kier molecular flexibility index (Phi) is 9.15. The Hall–Kier alpha value is -4.24. The van der Waals surface area contributed by atoms with Crippen molar-refractivity contribution in [3.05, 3.63) is 58.7 Å². The number of phenols is 1. The molecule has 8 rings (SSSR count). The zero-order chi connectivity index (χ0) is 37.2. The summed E-state index contributed by atoms with van der Waals surface area (Å²) >= 11 is 0. The molecule has 4 aromatic rings. The molecule has 12 nitrogen and oxygen atoms in total. The fourth-order valence-electron chi connectivity index (χ4n) is 8.87. The number of alkyl halides is 1. The van der Waals surface area contributed by atoms with Crippen LogP contribution >= 0.6 is 0 Å². The maximum absolute atomic E-state index is 15.1. The van der Waals surface area contributed by atoms with Crippen LogP contribution in [-0.4, -0.2) is 95.0 Å². The van der Waals surface area contributed by atoms with E-state index in [0.29, 0.717) is 76.5 Å². The molecule has 0 spiro atoms. The molecule has 2 aromatic carbocycles. The van der Waals surface area contributed by atoms with Crippen LogP contribution in [0.1, 0.15) is 69.0 Å². The monoisotopic (exact) mass is 750 g/mol. The number of phenolic OH excluding ortho intramolecular Hbond substituents is 1. The maximum atomic E-state index is 15.1. The van der Waals surface area contributed by atoms with Crippen molar-refractivity contribution in [1.29, 1.82) is 0 Å². The third-order valence-corrected chi connectivity index (χ3v) is 13.8. The van der Waals surface area contributed by atoms with Crippen molar-refractivity contribution in [2.45, 2.75) is 95.9 Å². The molecule has 0 unspecified atom stereocenters. The molecule has 0 amide bonds. The van der Waals surface area contributed by atoms with Gasteiger partial charge in [-0.1, -0.05) is 13.0 Å². The minimum absolute atomic E-state index is 0.106. The van der Waals surface area contributed by atoms with Crippen LogP contribution in [-0.2, 0) is 42.5 Å². The molecule has 2 aromatic heterocycles. The Morgan fingerprint density at radius 1 is 1.08 bits per heavy atom. The Morgan fingerprint density at radius 2 is 1.91 bits per heavy atom. The van der Waals surface area contributed by atoms with Crippen LogP contribution < -0.4 is 18.8 Å². The van der Waals surface area contributed by atoms with Gasteiger partial charge in [-0.2, -0.15) is 15.1 Å². The minimum atomic E-state index is -3.56. The van der Waals surface area contributed by atoms with Gasteiger partial charge in [-0.3, -0.25) is 13.9 Å². The van der Waals surface area contributed by atoms with Crippen LogP contribution in [0.2, 0.25) is 0 Å². The van der Waals surface area contributed by atoms with Crippen LogP contribution in [0.3, 0.4) is 0 Å². The SMILES string of the molecule is CCc1c(F)ccc2cc(O)cc(N3CCc4c(nc(OC[C@@]56CCCN5C[C@H](F)C6)nc4N4CCCn5nc(N(C)S(=O)(=O)C(C)C)cc5C4)C3)c12. The highest BCUT2D eigenvalue weighted by Gasteiger charge is 2.49. The number of hydrogen-bond donors (Lipinski definition) is 1. The van der Waals surface area contributed by atoms with Gasteiger partial charge in [-0.05, 0) is 75.6 Å². The number of fused-ring (bicyclic) bond motifs is 4. The zero-order valence-corrected chi connectivity index (χ0v) is 31.7. The van der Waals surface area contributed by atoms with E-state index >= 15 is 4.39 Å². The fraction of sp³-hybridized carbons (Fsp3) is 0.553. The van der Waals surface area contributed by atoms with Crippen LogP contribution in [0.5, 0.6) is 11.8 Å². The molecule has 15 heteroatoms. The highest BCUT2D eigenvalue weighted by molar-refractivity contribution is 7.93. The Bertz CT molecular complexity index is 2160. The lowest BCUT2D eigenvalue weighted by molar-refractivity contribution is 0.107. The highest BCUT2D eigenvalue weighted by atomic mass is 32.2. The van der Waals surface area contributed by atoms with Crippen molar-refractivity contribution in [3.8, 4) is 11.8 Å². The smallest absolute Gasteiger partial charge is 0.318 e. The molecule has 2 saturated heterocycles. The normalized spacial score (nSPS) is 21.9. The predicted molar refractivity (Wildman–Crippen MR) is 201 cm³/mol. The lowest BCUT2D eigenvalue weighted by Gasteiger charge is -2.35. The molecule has 0 bridgehead atoms. The number of aromatic hydroxyl groups is 1. The maximum Gasteiger partial charge on any atom is 0.318 e. The molecule has 284 valence electrons. The van der Waals surface area contributed by atoms with E-state index < -0.39 is 21.4 Å². The summed E-state index contributed by atoms with van der Waals surface area (Å²) in [6.45, 7) is 9.54. The number of benzene rings is 2. The molecular weight excluding hydrogens is 703 g/mol. The number of nitrogens with zero attached hydrogens (tertiary/aromatic N) is 8. The molecule has 0 saturated carbocycles. The van der Waals surface area contributed by atoms with E-state index in [2.05, 4.69) is 19.8 Å². The van der Waals surface area contributed by atoms with Crippen molar-refractivity contribution in [2.75, 3.05) is 53.9 Å². The van der Waals surface area contributed by atoms with Gasteiger partial charge in [0.2, 0.25) is 10.0 Å². The summed E-state index contributed by atoms with van der Waals surface area (Å²) < 4.78 is 65.4. The van der Waals surface area contributed by atoms with Gasteiger partial charge in [0.05, 0.1) is 35.3 Å². The Labute approximate surface area is 309 Å². The average molecular weight is 751 g/mol. The van der Waals surface area contributed by atoms with Crippen LogP contribution in [0, 0.1) is 5.82 Å². The summed E-state index contributed by atoms with van der Waals surface area (Å²) in [4.78, 5) is 16.6. The second-order valence-corrected chi connectivity index (χ2v) is 17.8. The van der Waals surface area contributed by atoms with E-state index in [1.165, 1.54) is 10.4 Å². The largest absolute Gasteiger partial charge is 0.508 e. The zero-order valence-electron chi connectivity index (χ0n) is 30.9. The van der Waals surface area contributed by atoms with Gasteiger partial charge in [-0.25, -0.2) is 17.2 Å². The number of aromatic nitrogens is 4. The summed E-state index contributed by atoms with van der Waals surface area (Å²) in [5.41, 5.74) is 3.61. The van der Waals surface area contributed by atoms with E-state index in [1.807, 2.05) is 17.7 Å². The van der Waals surface area contributed by atoms with Crippen molar-refractivity contribution in [3.63, 3.8) is 0 Å². The first-order chi connectivity index (χ1) is 25.4. The second-order valence-electron chi connectivity index (χ2n) is 15.3. The van der Waals surface area contributed by atoms with Gasteiger partial charge in [0.15, 0.2) is 5.82 Å². The molecule has 0 radical (unpaired) electrons. The molecule has 53 heavy (non-hydrogen) atoms. The lowest BCUT2D eigenvalue weighted by Crippen LogP contribution is -2.43. The van der Waals surface area contributed by atoms with Crippen molar-refractivity contribution >= 4 is 38.1 Å². The fourth-order valence-corrected chi connectivity index (χ4v) is 9.85. The summed E-state index contributed by atoms with van der Waals surface area (Å²) in [6.07, 6.45) is 3.25. The number of ether oxygens (including phenoxy) is 1. The molecule has 2 fully saturated rings. The summed E-state index contributed by atoms with van der Waals surface area (Å²) in [5, 5.41) is 16.4. The number of halogens is 2. The molecular formula is C38H48F2N8O4S. The van der Waals surface area contributed by atoms with Crippen LogP contribution in [0.4, 0.5) is 26.1 Å². The van der Waals surface area contributed by atoms with Crippen LogP contribution in [0.25, 0.3) is 10.8 Å². The number of aryl methyl sites for hydroxylation is 2. The van der Waals surface area contributed by atoms with E-state index in [4.69, 9.17) is 14.7 Å². The predicted octanol–water partition coefficient (Wildman–Crippen LogP) is 5.34. The Balaban J connectivity index is 1.17. The number of anilines is 3. The summed E-state index contributed by atoms with van der Waals surface area (Å²) in [6, 6.07) is 8.60. The van der Waals surface area contributed by atoms with Gasteiger partial charge >= 0.3 is 6.01 Å². The van der Waals surface area contributed by atoms with E-state index in [-0.39, 0.29) is 23.1 Å². The van der Waals surface area contributed by atoms with Crippen LogP contribution in [0.15, 0.2) is 30.3 Å². The first-order valence-corrected chi connectivity index (χ1v) is 20.3. The topological polar surface area (TPSA) is 120 Å². The van der Waals surface area contributed by atoms with Gasteiger partial charge in [0.25, 0.3) is 0 Å². The number of hydrogen-bond acceptors (Lipinski definition) is 10. The molecule has 0 aliphatic carbocycles. The molecule has 4 aliphatic rings. The standard InChI is InChI=1S/C38H48F2N8O4S/c1-5-29-31(40)9-8-25-16-28(49)18-33(35(25)29)45-15-10-30-32(22-45)41-37(52-23-38-11-6-13-47(38)20-26(39)19-38)42-36(30)46-12-7-14-48-27(21-46)17-34(43-48)44(4)53(50,51)24(2)3/h8-9,16-18,24,26,49H,5-7,10-15,19-23H2,1-4H3/t26-,38+/m1/s1. The Morgan fingerprint density at radius 3 is 2.70 bits per heavy atom. The molecule has 4 aliphatic heterocycles. The van der Waals surface area contributed by atoms with Crippen molar-refractivity contribution in [1.82, 2.24) is 24.6 Å². The van der Waals surface area contributed by atoms with E-state index in [1.54, 1.807) is 39.1 Å². The first-order valence-electron chi connectivity index (χ1n) is 18.8. The van der Waals surface area contributed by atoms with Gasteiger partial charge < -0.3 is 19.6 Å². The summed E-state index contributed by atoms with van der Waals surface area (Å²) in [7, 11) is -2.02. The average Bonchev–Trinajstić information content (AvgIpc) is 3.76. The third kappa shape index (κ3) is 6.32. The number of sulfonamides is 1. The van der Waals surface area contributed by atoms with Gasteiger partial charge in [-0.15, -0.1) is 0 Å². The van der Waals surface area contributed by atoms with Gasteiger partial charge in [0.1, 0.15) is 30.2 Å². The van der Waals surface area contributed by atoms with Gasteiger partial charge in [0, 0.05) is 68.4 Å². The van der Waals surface area contributed by atoms with Crippen molar-refractivity contribution in [2.24, 2.45) is 0 Å². The number of rotatable bonds is 9. The molecule has 1 N–H and O–H groups in total. The second kappa shape index (κ2) is 13.6. The van der Waals surface area contributed by atoms with E-state index in [9.17, 15) is 17.9 Å². The van der Waals surface area contributed by atoms with Crippen molar-refractivity contribution < 1.29 is 27.0 Å². The lowest BCUT2D eigenvalue weighted by atomic mass is 9.95. The molecule has 2 atom stereocenters. The first kappa shape index (κ1) is 35.8. The molecule has 6 heterocycles. The van der Waals surface area contributed by atoms with E-state index in [0.717, 1.165) is 65.0 Å². The third-order valence-electron chi connectivity index (χ3n) is 11.7.